The number of benzene rings is 1. The maximum atomic E-state index is 13.3. The van der Waals surface area contributed by atoms with Gasteiger partial charge in [-0.3, -0.25) is 14.5 Å². The molecule has 2 aromatic rings. The van der Waals surface area contributed by atoms with Crippen LogP contribution in [0.4, 0.5) is 0 Å². The maximum absolute atomic E-state index is 13.3. The lowest BCUT2D eigenvalue weighted by Gasteiger charge is -2.34. The zero-order chi connectivity index (χ0) is 22.4. The Morgan fingerprint density at radius 2 is 1.97 bits per heavy atom. The quantitative estimate of drug-likeness (QED) is 0.627. The molecule has 0 unspecified atom stereocenters. The minimum Gasteiger partial charge on any atom is -0.383 e. The highest BCUT2D eigenvalue weighted by Gasteiger charge is 2.28. The molecule has 0 spiro atoms. The standard InChI is InChI=1S/C22H30ClN5O3/c1-16(2)21-19(14-25-28(21)18-6-4-5-17(23)13-18)22(30)27-10-8-26(9-11-27)15-20(29)24-7-12-31-3/h4-6,13-14,16H,7-12,15H2,1-3H3,(H,24,29). The molecule has 1 saturated heterocycles. The number of amides is 2. The SMILES string of the molecule is COCCNC(=O)CN1CCN(C(=O)c2cnn(-c3cccc(Cl)c3)c2C(C)C)CC1. The van der Waals surface area contributed by atoms with E-state index in [4.69, 9.17) is 16.3 Å². The van der Waals surface area contributed by atoms with Gasteiger partial charge in [0.15, 0.2) is 0 Å². The molecule has 8 nitrogen and oxygen atoms in total. The topological polar surface area (TPSA) is 79.7 Å². The molecular formula is C22H30ClN5O3. The smallest absolute Gasteiger partial charge is 0.257 e. The van der Waals surface area contributed by atoms with Gasteiger partial charge in [0.2, 0.25) is 5.91 Å². The lowest BCUT2D eigenvalue weighted by Crippen LogP contribution is -2.51. The Morgan fingerprint density at radius 3 is 2.61 bits per heavy atom. The van der Waals surface area contributed by atoms with Crippen molar-refractivity contribution >= 4 is 23.4 Å². The second kappa shape index (κ2) is 10.7. The van der Waals surface area contributed by atoms with Crippen molar-refractivity contribution in [2.45, 2.75) is 19.8 Å². The van der Waals surface area contributed by atoms with Crippen LogP contribution in [-0.2, 0) is 9.53 Å². The van der Waals surface area contributed by atoms with Crippen molar-refractivity contribution in [3.63, 3.8) is 0 Å². The van der Waals surface area contributed by atoms with E-state index in [1.54, 1.807) is 18.0 Å². The minimum absolute atomic E-state index is 0.0262. The third-order valence-corrected chi connectivity index (χ3v) is 5.53. The number of hydrogen-bond acceptors (Lipinski definition) is 5. The van der Waals surface area contributed by atoms with Gasteiger partial charge in [0.25, 0.3) is 5.91 Å². The van der Waals surface area contributed by atoms with Crippen molar-refractivity contribution in [2.24, 2.45) is 0 Å². The molecule has 0 radical (unpaired) electrons. The summed E-state index contributed by atoms with van der Waals surface area (Å²) in [6.07, 6.45) is 1.65. The van der Waals surface area contributed by atoms with Crippen LogP contribution >= 0.6 is 11.6 Å². The Labute approximate surface area is 188 Å². The largest absolute Gasteiger partial charge is 0.383 e. The van der Waals surface area contributed by atoms with E-state index in [9.17, 15) is 9.59 Å². The molecule has 1 aliphatic rings. The summed E-state index contributed by atoms with van der Waals surface area (Å²) >= 11 is 6.15. The number of aromatic nitrogens is 2. The Bertz CT molecular complexity index is 906. The Balaban J connectivity index is 1.65. The predicted octanol–water partition coefficient (Wildman–Crippen LogP) is 2.17. The van der Waals surface area contributed by atoms with Crippen LogP contribution in [0.25, 0.3) is 5.69 Å². The number of carbonyl (C=O) groups excluding carboxylic acids is 2. The van der Waals surface area contributed by atoms with E-state index in [0.29, 0.717) is 56.5 Å². The van der Waals surface area contributed by atoms with Crippen LogP contribution in [0.3, 0.4) is 0 Å². The maximum Gasteiger partial charge on any atom is 0.257 e. The van der Waals surface area contributed by atoms with E-state index in [2.05, 4.69) is 29.2 Å². The van der Waals surface area contributed by atoms with Gasteiger partial charge in [-0.2, -0.15) is 5.10 Å². The number of hydrogen-bond donors (Lipinski definition) is 1. The molecule has 0 saturated carbocycles. The average Bonchev–Trinajstić information content (AvgIpc) is 3.19. The van der Waals surface area contributed by atoms with Crippen molar-refractivity contribution in [3.05, 3.63) is 46.7 Å². The molecule has 1 aliphatic heterocycles. The third kappa shape index (κ3) is 5.84. The number of piperazine rings is 1. The van der Waals surface area contributed by atoms with Gasteiger partial charge in [0.05, 0.1) is 36.3 Å². The van der Waals surface area contributed by atoms with Gasteiger partial charge in [0.1, 0.15) is 0 Å². The molecule has 168 valence electrons. The predicted molar refractivity (Wildman–Crippen MR) is 120 cm³/mol. The van der Waals surface area contributed by atoms with Gasteiger partial charge >= 0.3 is 0 Å². The highest BCUT2D eigenvalue weighted by Crippen LogP contribution is 2.25. The number of methoxy groups -OCH3 is 1. The molecule has 1 aromatic carbocycles. The number of nitrogens with zero attached hydrogens (tertiary/aromatic N) is 4. The Kier molecular flexibility index (Phi) is 8.06. The van der Waals surface area contributed by atoms with Crippen LogP contribution in [0, 0.1) is 0 Å². The van der Waals surface area contributed by atoms with E-state index in [1.165, 1.54) is 0 Å². The van der Waals surface area contributed by atoms with Crippen molar-refractivity contribution in [2.75, 3.05) is 53.0 Å². The second-order valence-corrected chi connectivity index (χ2v) is 8.34. The van der Waals surface area contributed by atoms with Crippen LogP contribution < -0.4 is 5.32 Å². The molecule has 2 amide bonds. The fourth-order valence-electron chi connectivity index (χ4n) is 3.72. The molecule has 31 heavy (non-hydrogen) atoms. The molecule has 0 bridgehead atoms. The van der Waals surface area contributed by atoms with Gasteiger partial charge in [-0.15, -0.1) is 0 Å². The fourth-order valence-corrected chi connectivity index (χ4v) is 3.91. The number of ether oxygens (including phenoxy) is 1. The van der Waals surface area contributed by atoms with Crippen molar-refractivity contribution < 1.29 is 14.3 Å². The average molecular weight is 448 g/mol. The Morgan fingerprint density at radius 1 is 1.23 bits per heavy atom. The fraction of sp³-hybridized carbons (Fsp3) is 0.500. The first-order valence-electron chi connectivity index (χ1n) is 10.5. The summed E-state index contributed by atoms with van der Waals surface area (Å²) in [5.41, 5.74) is 2.31. The summed E-state index contributed by atoms with van der Waals surface area (Å²) in [5.74, 6) is 0.0559. The van der Waals surface area contributed by atoms with Gasteiger partial charge in [-0.25, -0.2) is 4.68 Å². The van der Waals surface area contributed by atoms with E-state index in [1.807, 2.05) is 29.2 Å². The molecule has 1 N–H and O–H groups in total. The van der Waals surface area contributed by atoms with Gasteiger partial charge < -0.3 is 15.0 Å². The summed E-state index contributed by atoms with van der Waals surface area (Å²) < 4.78 is 6.74. The van der Waals surface area contributed by atoms with Gasteiger partial charge in [-0.05, 0) is 24.1 Å². The van der Waals surface area contributed by atoms with E-state index >= 15 is 0 Å². The summed E-state index contributed by atoms with van der Waals surface area (Å²) in [4.78, 5) is 29.2. The van der Waals surface area contributed by atoms with Crippen LogP contribution in [0.15, 0.2) is 30.5 Å². The first-order valence-corrected chi connectivity index (χ1v) is 10.9. The van der Waals surface area contributed by atoms with Crippen molar-refractivity contribution in [1.29, 1.82) is 0 Å². The highest BCUT2D eigenvalue weighted by atomic mass is 35.5. The van der Waals surface area contributed by atoms with Crippen molar-refractivity contribution in [1.82, 2.24) is 24.9 Å². The zero-order valence-electron chi connectivity index (χ0n) is 18.3. The van der Waals surface area contributed by atoms with Crippen LogP contribution in [0.5, 0.6) is 0 Å². The van der Waals surface area contributed by atoms with E-state index in [-0.39, 0.29) is 17.7 Å². The normalized spacial score (nSPS) is 14.8. The first-order chi connectivity index (χ1) is 14.9. The summed E-state index contributed by atoms with van der Waals surface area (Å²) in [5, 5.41) is 7.94. The minimum atomic E-state index is -0.0267. The molecule has 9 heteroatoms. The number of halogens is 1. The molecule has 3 rings (SSSR count). The molecule has 1 aromatic heterocycles. The van der Waals surface area contributed by atoms with E-state index < -0.39 is 0 Å². The molecule has 2 heterocycles. The number of carbonyl (C=O) groups is 2. The second-order valence-electron chi connectivity index (χ2n) is 7.90. The summed E-state index contributed by atoms with van der Waals surface area (Å²) in [7, 11) is 1.60. The highest BCUT2D eigenvalue weighted by molar-refractivity contribution is 6.30. The molecule has 1 fully saturated rings. The number of nitrogens with one attached hydrogen (secondary N) is 1. The lowest BCUT2D eigenvalue weighted by atomic mass is 10.0. The van der Waals surface area contributed by atoms with E-state index in [0.717, 1.165) is 11.4 Å². The zero-order valence-corrected chi connectivity index (χ0v) is 19.1. The van der Waals surface area contributed by atoms with Gasteiger partial charge in [-0.1, -0.05) is 31.5 Å². The van der Waals surface area contributed by atoms with Crippen LogP contribution in [0.1, 0.15) is 35.8 Å². The summed E-state index contributed by atoms with van der Waals surface area (Å²) in [6.45, 7) is 7.89. The van der Waals surface area contributed by atoms with Crippen molar-refractivity contribution in [3.8, 4) is 5.69 Å². The first kappa shape index (κ1) is 23.2. The molecular weight excluding hydrogens is 418 g/mol. The monoisotopic (exact) mass is 447 g/mol. The van der Waals surface area contributed by atoms with Crippen LogP contribution in [-0.4, -0.2) is 84.4 Å². The van der Waals surface area contributed by atoms with Gasteiger partial charge in [0, 0.05) is 44.9 Å². The Hall–Kier alpha value is -2.42. The third-order valence-electron chi connectivity index (χ3n) is 5.29. The van der Waals surface area contributed by atoms with Crippen LogP contribution in [0.2, 0.25) is 5.02 Å². The molecule has 0 atom stereocenters. The number of rotatable bonds is 8. The lowest BCUT2D eigenvalue weighted by molar-refractivity contribution is -0.122. The summed E-state index contributed by atoms with van der Waals surface area (Å²) in [6, 6.07) is 7.45. The molecule has 0 aliphatic carbocycles.